The molecule has 0 N–H and O–H groups in total. The van der Waals surface area contributed by atoms with Gasteiger partial charge in [0.2, 0.25) is 0 Å². The van der Waals surface area contributed by atoms with Gasteiger partial charge in [0.05, 0.1) is 4.47 Å². The lowest BCUT2D eigenvalue weighted by Gasteiger charge is -2.17. The van der Waals surface area contributed by atoms with Crippen molar-refractivity contribution in [1.29, 1.82) is 0 Å². The van der Waals surface area contributed by atoms with Crippen molar-refractivity contribution in [3.63, 3.8) is 0 Å². The van der Waals surface area contributed by atoms with E-state index in [2.05, 4.69) is 20.8 Å². The quantitative estimate of drug-likeness (QED) is 0.757. The van der Waals surface area contributed by atoms with Gasteiger partial charge in [0.1, 0.15) is 5.82 Å². The number of hydrogen-bond acceptors (Lipinski definition) is 1. The van der Waals surface area contributed by atoms with Gasteiger partial charge in [-0.05, 0) is 52.9 Å². The van der Waals surface area contributed by atoms with Crippen molar-refractivity contribution in [2.75, 3.05) is 19.0 Å². The number of nitrogens with zero attached hydrogens (tertiary/aromatic N) is 1. The molecule has 17 heavy (non-hydrogen) atoms. The Balaban J connectivity index is 1.96. The molecule has 1 aromatic carbocycles. The maximum absolute atomic E-state index is 13.4. The van der Waals surface area contributed by atoms with Crippen LogP contribution in [0.5, 0.6) is 0 Å². The van der Waals surface area contributed by atoms with Crippen molar-refractivity contribution in [2.24, 2.45) is 5.92 Å². The molecular formula is C13H16BrClFN. The molecule has 1 saturated heterocycles. The van der Waals surface area contributed by atoms with Crippen LogP contribution in [0.15, 0.2) is 22.7 Å². The molecule has 2 rings (SSSR count). The van der Waals surface area contributed by atoms with Crippen molar-refractivity contribution in [3.8, 4) is 0 Å². The van der Waals surface area contributed by atoms with E-state index in [0.717, 1.165) is 37.5 Å². The fourth-order valence-electron chi connectivity index (χ4n) is 2.36. The highest BCUT2D eigenvalue weighted by atomic mass is 79.9. The zero-order chi connectivity index (χ0) is 12.3. The lowest BCUT2D eigenvalue weighted by atomic mass is 10.1. The van der Waals surface area contributed by atoms with Crippen molar-refractivity contribution in [1.82, 2.24) is 4.90 Å². The first kappa shape index (κ1) is 13.3. The minimum Gasteiger partial charge on any atom is -0.299 e. The van der Waals surface area contributed by atoms with Crippen LogP contribution < -0.4 is 0 Å². The monoisotopic (exact) mass is 319 g/mol. The Morgan fingerprint density at radius 1 is 1.47 bits per heavy atom. The maximum atomic E-state index is 13.4. The molecule has 1 unspecified atom stereocenters. The van der Waals surface area contributed by atoms with E-state index in [1.165, 1.54) is 12.5 Å². The Labute approximate surface area is 115 Å². The zero-order valence-corrected chi connectivity index (χ0v) is 12.0. The van der Waals surface area contributed by atoms with E-state index in [1.54, 1.807) is 6.07 Å². The normalized spacial score (nSPS) is 21.0. The average molecular weight is 321 g/mol. The first-order valence-electron chi connectivity index (χ1n) is 5.92. The standard InChI is InChI=1S/C13H16BrClFN/c14-13-11(2-1-3-12(13)16)9-17-7-5-10(8-17)4-6-15/h1-3,10H,4-9H2. The third kappa shape index (κ3) is 3.43. The molecule has 1 heterocycles. The van der Waals surface area contributed by atoms with E-state index in [1.807, 2.05) is 6.07 Å². The molecule has 0 aliphatic carbocycles. The Kier molecular flexibility index (Phi) is 4.83. The summed E-state index contributed by atoms with van der Waals surface area (Å²) in [6.45, 7) is 2.98. The topological polar surface area (TPSA) is 3.24 Å². The molecule has 1 nitrogen and oxygen atoms in total. The maximum Gasteiger partial charge on any atom is 0.137 e. The van der Waals surface area contributed by atoms with Gasteiger partial charge < -0.3 is 0 Å². The van der Waals surface area contributed by atoms with Gasteiger partial charge in [0.15, 0.2) is 0 Å². The lowest BCUT2D eigenvalue weighted by Crippen LogP contribution is -2.20. The third-order valence-corrected chi connectivity index (χ3v) is 4.42. The summed E-state index contributed by atoms with van der Waals surface area (Å²) in [5.41, 5.74) is 1.02. The molecule has 1 atom stereocenters. The van der Waals surface area contributed by atoms with Gasteiger partial charge in [-0.15, -0.1) is 11.6 Å². The van der Waals surface area contributed by atoms with Crippen molar-refractivity contribution < 1.29 is 4.39 Å². The number of halogens is 3. The number of benzene rings is 1. The molecule has 0 saturated carbocycles. The second kappa shape index (κ2) is 6.17. The van der Waals surface area contributed by atoms with Crippen molar-refractivity contribution in [2.45, 2.75) is 19.4 Å². The summed E-state index contributed by atoms with van der Waals surface area (Å²) >= 11 is 9.07. The first-order valence-corrected chi connectivity index (χ1v) is 7.24. The van der Waals surface area contributed by atoms with E-state index < -0.39 is 0 Å². The fraction of sp³-hybridized carbons (Fsp3) is 0.538. The van der Waals surface area contributed by atoms with Crippen molar-refractivity contribution >= 4 is 27.5 Å². The van der Waals surface area contributed by atoms with E-state index in [9.17, 15) is 4.39 Å². The van der Waals surface area contributed by atoms with Gasteiger partial charge in [-0.1, -0.05) is 12.1 Å². The summed E-state index contributed by atoms with van der Waals surface area (Å²) in [6.07, 6.45) is 2.29. The van der Waals surface area contributed by atoms with Crippen LogP contribution in [0.1, 0.15) is 18.4 Å². The summed E-state index contributed by atoms with van der Waals surface area (Å²) in [7, 11) is 0. The molecule has 1 aromatic rings. The Bertz CT molecular complexity index is 386. The molecular weight excluding hydrogens is 305 g/mol. The second-order valence-corrected chi connectivity index (χ2v) is 5.75. The molecule has 0 radical (unpaired) electrons. The Morgan fingerprint density at radius 2 is 2.29 bits per heavy atom. The summed E-state index contributed by atoms with van der Waals surface area (Å²) in [6, 6.07) is 5.22. The molecule has 0 aromatic heterocycles. The van der Waals surface area contributed by atoms with Crippen LogP contribution in [0.3, 0.4) is 0 Å². The highest BCUT2D eigenvalue weighted by Gasteiger charge is 2.22. The molecule has 1 aliphatic rings. The summed E-state index contributed by atoms with van der Waals surface area (Å²) < 4.78 is 14.0. The van der Waals surface area contributed by atoms with Crippen LogP contribution in [0.4, 0.5) is 4.39 Å². The van der Waals surface area contributed by atoms with Gasteiger partial charge in [-0.3, -0.25) is 4.90 Å². The predicted molar refractivity (Wildman–Crippen MR) is 72.8 cm³/mol. The van der Waals surface area contributed by atoms with Crippen LogP contribution in [0.2, 0.25) is 0 Å². The van der Waals surface area contributed by atoms with E-state index >= 15 is 0 Å². The molecule has 1 fully saturated rings. The minimum absolute atomic E-state index is 0.181. The molecule has 4 heteroatoms. The second-order valence-electron chi connectivity index (χ2n) is 4.58. The summed E-state index contributed by atoms with van der Waals surface area (Å²) in [4.78, 5) is 2.37. The molecule has 94 valence electrons. The first-order chi connectivity index (χ1) is 8.20. The highest BCUT2D eigenvalue weighted by Crippen LogP contribution is 2.26. The summed E-state index contributed by atoms with van der Waals surface area (Å²) in [5, 5.41) is 0. The molecule has 1 aliphatic heterocycles. The third-order valence-electron chi connectivity index (χ3n) is 3.31. The van der Waals surface area contributed by atoms with E-state index in [4.69, 9.17) is 11.6 Å². The minimum atomic E-state index is -0.181. The molecule has 0 amide bonds. The van der Waals surface area contributed by atoms with Crippen LogP contribution in [-0.4, -0.2) is 23.9 Å². The summed E-state index contributed by atoms with van der Waals surface area (Å²) in [5.74, 6) is 1.26. The van der Waals surface area contributed by atoms with Crippen LogP contribution >= 0.6 is 27.5 Å². The average Bonchev–Trinajstić information content (AvgIpc) is 2.73. The Hall–Kier alpha value is -0.120. The number of rotatable bonds is 4. The zero-order valence-electron chi connectivity index (χ0n) is 9.63. The van der Waals surface area contributed by atoms with Gasteiger partial charge >= 0.3 is 0 Å². The van der Waals surface area contributed by atoms with Gasteiger partial charge in [0, 0.05) is 19.0 Å². The SMILES string of the molecule is Fc1cccc(CN2CCC(CCCl)C2)c1Br. The lowest BCUT2D eigenvalue weighted by molar-refractivity contribution is 0.314. The highest BCUT2D eigenvalue weighted by molar-refractivity contribution is 9.10. The predicted octanol–water partition coefficient (Wildman–Crippen LogP) is 4.04. The van der Waals surface area contributed by atoms with E-state index in [-0.39, 0.29) is 5.82 Å². The fourth-order valence-corrected chi connectivity index (χ4v) is 3.06. The smallest absolute Gasteiger partial charge is 0.137 e. The van der Waals surface area contributed by atoms with Gasteiger partial charge in [0.25, 0.3) is 0 Å². The van der Waals surface area contributed by atoms with Crippen LogP contribution in [0.25, 0.3) is 0 Å². The van der Waals surface area contributed by atoms with Gasteiger partial charge in [-0.2, -0.15) is 0 Å². The number of hydrogen-bond donors (Lipinski definition) is 0. The molecule has 0 spiro atoms. The van der Waals surface area contributed by atoms with Crippen molar-refractivity contribution in [3.05, 3.63) is 34.1 Å². The number of alkyl halides is 1. The Morgan fingerprint density at radius 3 is 3.06 bits per heavy atom. The number of likely N-dealkylation sites (tertiary alicyclic amines) is 1. The molecule has 0 bridgehead atoms. The van der Waals surface area contributed by atoms with Crippen LogP contribution in [-0.2, 0) is 6.54 Å². The largest absolute Gasteiger partial charge is 0.299 e. The van der Waals surface area contributed by atoms with Crippen LogP contribution in [0, 0.1) is 11.7 Å². The van der Waals surface area contributed by atoms with E-state index in [0.29, 0.717) is 10.4 Å². The van der Waals surface area contributed by atoms with Gasteiger partial charge in [-0.25, -0.2) is 4.39 Å².